The normalized spacial score (nSPS) is 22.1. The van der Waals surface area contributed by atoms with E-state index in [1.165, 1.54) is 0 Å². The van der Waals surface area contributed by atoms with E-state index in [-0.39, 0.29) is 5.84 Å². The number of hydrogen-bond acceptors (Lipinski definition) is 3. The molecule has 4 N–H and O–H groups in total. The van der Waals surface area contributed by atoms with Crippen LogP contribution in [0.5, 0.6) is 0 Å². The summed E-state index contributed by atoms with van der Waals surface area (Å²) >= 11 is 0. The molecular weight excluding hydrogens is 178 g/mol. The third kappa shape index (κ3) is 3.27. The highest BCUT2D eigenvalue weighted by molar-refractivity contribution is 5.77. The van der Waals surface area contributed by atoms with Gasteiger partial charge in [-0.05, 0) is 38.8 Å². The van der Waals surface area contributed by atoms with Gasteiger partial charge in [-0.3, -0.25) is 5.41 Å². The molecule has 1 rings (SSSR count). The maximum absolute atomic E-state index is 8.99. The molecule has 4 heteroatoms. The van der Waals surface area contributed by atoms with Crippen LogP contribution in [0.1, 0.15) is 26.2 Å². The van der Waals surface area contributed by atoms with Crippen molar-refractivity contribution in [3.05, 3.63) is 0 Å². The molecular formula is C10H21N3O. The van der Waals surface area contributed by atoms with Crippen LogP contribution in [0.25, 0.3) is 0 Å². The van der Waals surface area contributed by atoms with Gasteiger partial charge in [0.2, 0.25) is 0 Å². The highest BCUT2D eigenvalue weighted by atomic mass is 16.3. The summed E-state index contributed by atoms with van der Waals surface area (Å²) in [5, 5.41) is 16.2. The first-order valence-electron chi connectivity index (χ1n) is 5.31. The second-order valence-corrected chi connectivity index (χ2v) is 4.24. The van der Waals surface area contributed by atoms with Crippen molar-refractivity contribution >= 4 is 5.84 Å². The number of nitrogens with zero attached hydrogens (tertiary/aromatic N) is 1. The number of aliphatic hydroxyl groups excluding tert-OH is 1. The molecule has 0 amide bonds. The molecule has 1 aliphatic rings. The minimum absolute atomic E-state index is 0.266. The smallest absolute Gasteiger partial charge is 0.0920 e. The molecule has 1 atom stereocenters. The first-order chi connectivity index (χ1) is 6.63. The molecule has 1 heterocycles. The molecule has 14 heavy (non-hydrogen) atoms. The minimum Gasteiger partial charge on any atom is -0.396 e. The van der Waals surface area contributed by atoms with Crippen LogP contribution < -0.4 is 5.73 Å². The van der Waals surface area contributed by atoms with E-state index in [4.69, 9.17) is 16.2 Å². The molecule has 0 saturated carbocycles. The molecule has 1 saturated heterocycles. The van der Waals surface area contributed by atoms with E-state index < -0.39 is 0 Å². The van der Waals surface area contributed by atoms with Crippen molar-refractivity contribution in [2.75, 3.05) is 19.7 Å². The molecule has 0 spiro atoms. The van der Waals surface area contributed by atoms with E-state index in [1.54, 1.807) is 0 Å². The summed E-state index contributed by atoms with van der Waals surface area (Å²) in [6.45, 7) is 4.48. The molecule has 0 radical (unpaired) electrons. The fraction of sp³-hybridized carbons (Fsp3) is 0.900. The molecule has 82 valence electrons. The zero-order valence-corrected chi connectivity index (χ0v) is 8.87. The Bertz CT molecular complexity index is 188. The summed E-state index contributed by atoms with van der Waals surface area (Å²) in [7, 11) is 0. The van der Waals surface area contributed by atoms with E-state index in [0.29, 0.717) is 25.0 Å². The number of nitrogens with one attached hydrogen (secondary N) is 1. The third-order valence-corrected chi connectivity index (χ3v) is 3.05. The second kappa shape index (κ2) is 5.32. The largest absolute Gasteiger partial charge is 0.396 e. The molecule has 0 aromatic heterocycles. The Kier molecular flexibility index (Phi) is 4.35. The number of piperidine rings is 1. The van der Waals surface area contributed by atoms with Gasteiger partial charge < -0.3 is 15.7 Å². The van der Waals surface area contributed by atoms with Gasteiger partial charge in [0.15, 0.2) is 0 Å². The van der Waals surface area contributed by atoms with E-state index >= 15 is 0 Å². The van der Waals surface area contributed by atoms with Gasteiger partial charge in [-0.15, -0.1) is 0 Å². The Balaban J connectivity index is 2.30. The maximum atomic E-state index is 8.99. The van der Waals surface area contributed by atoms with Crippen molar-refractivity contribution in [1.82, 2.24) is 4.90 Å². The summed E-state index contributed by atoms with van der Waals surface area (Å²) in [5.74, 6) is 0.748. The zero-order chi connectivity index (χ0) is 10.6. The summed E-state index contributed by atoms with van der Waals surface area (Å²) in [6.07, 6.45) is 2.79. The molecule has 0 aromatic carbocycles. The van der Waals surface area contributed by atoms with Crippen LogP contribution in [0.4, 0.5) is 0 Å². The monoisotopic (exact) mass is 199 g/mol. The number of hydrogen-bond donors (Lipinski definition) is 3. The Morgan fingerprint density at radius 2 is 2.14 bits per heavy atom. The van der Waals surface area contributed by atoms with Crippen LogP contribution in [-0.4, -0.2) is 41.6 Å². The quantitative estimate of drug-likeness (QED) is 0.453. The highest BCUT2D eigenvalue weighted by Gasteiger charge is 2.22. The van der Waals surface area contributed by atoms with Gasteiger partial charge in [0.05, 0.1) is 5.84 Å². The second-order valence-electron chi connectivity index (χ2n) is 4.24. The van der Waals surface area contributed by atoms with Gasteiger partial charge in [-0.2, -0.15) is 0 Å². The molecule has 1 unspecified atom stereocenters. The topological polar surface area (TPSA) is 73.3 Å². The number of nitrogens with two attached hydrogens (primary N) is 1. The minimum atomic E-state index is 0.266. The molecule has 0 bridgehead atoms. The Hall–Kier alpha value is -0.610. The Labute approximate surface area is 85.6 Å². The van der Waals surface area contributed by atoms with Gasteiger partial charge in [-0.25, -0.2) is 0 Å². The Morgan fingerprint density at radius 3 is 2.57 bits per heavy atom. The van der Waals surface area contributed by atoms with Crippen LogP contribution in [-0.2, 0) is 0 Å². The van der Waals surface area contributed by atoms with Gasteiger partial charge in [0.25, 0.3) is 0 Å². The number of rotatable bonds is 4. The van der Waals surface area contributed by atoms with E-state index in [9.17, 15) is 0 Å². The van der Waals surface area contributed by atoms with Crippen LogP contribution in [0, 0.1) is 11.3 Å². The lowest BCUT2D eigenvalue weighted by Gasteiger charge is -2.35. The summed E-state index contributed by atoms with van der Waals surface area (Å²) in [6, 6.07) is 0.368. The summed E-state index contributed by atoms with van der Waals surface area (Å²) in [5.41, 5.74) is 5.37. The van der Waals surface area contributed by atoms with Crippen LogP contribution in [0.2, 0.25) is 0 Å². The van der Waals surface area contributed by atoms with Gasteiger partial charge in [0, 0.05) is 19.1 Å². The molecule has 4 nitrogen and oxygen atoms in total. The highest BCUT2D eigenvalue weighted by Crippen LogP contribution is 2.19. The van der Waals surface area contributed by atoms with Crippen LogP contribution in [0.15, 0.2) is 0 Å². The van der Waals surface area contributed by atoms with Crippen molar-refractivity contribution in [3.8, 4) is 0 Å². The van der Waals surface area contributed by atoms with Crippen molar-refractivity contribution in [2.24, 2.45) is 11.7 Å². The lowest BCUT2D eigenvalue weighted by atomic mass is 9.96. The summed E-state index contributed by atoms with van der Waals surface area (Å²) in [4.78, 5) is 2.35. The number of amidine groups is 1. The first-order valence-corrected chi connectivity index (χ1v) is 5.31. The van der Waals surface area contributed by atoms with Gasteiger partial charge >= 0.3 is 0 Å². The van der Waals surface area contributed by atoms with E-state index in [2.05, 4.69) is 11.8 Å². The lowest BCUT2D eigenvalue weighted by Crippen LogP contribution is -2.42. The fourth-order valence-electron chi connectivity index (χ4n) is 2.02. The van der Waals surface area contributed by atoms with Gasteiger partial charge in [-0.1, -0.05) is 0 Å². The standard InChI is InChI=1S/C10H21N3O/c1-8(6-10(11)12)13-4-2-9(7-14)3-5-13/h8-9,14H,2-7H2,1H3,(H3,11,12). The van der Waals surface area contributed by atoms with E-state index in [1.807, 2.05) is 0 Å². The fourth-order valence-corrected chi connectivity index (χ4v) is 2.02. The van der Waals surface area contributed by atoms with E-state index in [0.717, 1.165) is 25.9 Å². The number of aliphatic hydroxyl groups is 1. The zero-order valence-electron chi connectivity index (χ0n) is 8.87. The average molecular weight is 199 g/mol. The molecule has 1 aliphatic heterocycles. The number of likely N-dealkylation sites (tertiary alicyclic amines) is 1. The van der Waals surface area contributed by atoms with Crippen molar-refractivity contribution < 1.29 is 5.11 Å². The molecule has 0 aliphatic carbocycles. The van der Waals surface area contributed by atoms with Crippen LogP contribution >= 0.6 is 0 Å². The Morgan fingerprint density at radius 1 is 1.57 bits per heavy atom. The first kappa shape index (κ1) is 11.5. The SMILES string of the molecule is CC(CC(=N)N)N1CCC(CO)CC1. The molecule has 0 aromatic rings. The lowest BCUT2D eigenvalue weighted by molar-refractivity contribution is 0.108. The van der Waals surface area contributed by atoms with Crippen molar-refractivity contribution in [3.63, 3.8) is 0 Å². The summed E-state index contributed by atoms with van der Waals surface area (Å²) < 4.78 is 0. The predicted molar refractivity (Wildman–Crippen MR) is 57.4 cm³/mol. The average Bonchev–Trinajstić information content (AvgIpc) is 2.17. The maximum Gasteiger partial charge on any atom is 0.0920 e. The van der Waals surface area contributed by atoms with Crippen molar-refractivity contribution in [1.29, 1.82) is 5.41 Å². The van der Waals surface area contributed by atoms with Gasteiger partial charge in [0.1, 0.15) is 0 Å². The third-order valence-electron chi connectivity index (χ3n) is 3.05. The predicted octanol–water partition coefficient (Wildman–Crippen LogP) is 0.405. The molecule has 1 fully saturated rings. The van der Waals surface area contributed by atoms with Crippen molar-refractivity contribution in [2.45, 2.75) is 32.2 Å². The van der Waals surface area contributed by atoms with Crippen LogP contribution in [0.3, 0.4) is 0 Å².